The minimum atomic E-state index is -0.0737. The Morgan fingerprint density at radius 2 is 1.50 bits per heavy atom. The molecule has 2 aromatic carbocycles. The molecule has 3 rings (SSSR count). The molecule has 0 radical (unpaired) electrons. The lowest BCUT2D eigenvalue weighted by Crippen LogP contribution is -2.40. The lowest BCUT2D eigenvalue weighted by atomic mass is 10.1. The number of amides is 2. The molecule has 3 aromatic rings. The third kappa shape index (κ3) is 5.45. The molecule has 2 amide bonds. The maximum Gasteiger partial charge on any atom is 0.318 e. The minimum Gasteiger partial charge on any atom is -0.334 e. The molecule has 26 heavy (non-hydrogen) atoms. The van der Waals surface area contributed by atoms with Gasteiger partial charge in [0.2, 0.25) is 0 Å². The molecule has 1 aromatic heterocycles. The molecule has 0 fully saturated rings. The number of pyridine rings is 1. The lowest BCUT2D eigenvalue weighted by molar-refractivity contribution is 0.194. The average Bonchev–Trinajstić information content (AvgIpc) is 2.71. The van der Waals surface area contributed by atoms with Gasteiger partial charge >= 0.3 is 6.03 Å². The zero-order chi connectivity index (χ0) is 18.0. The van der Waals surface area contributed by atoms with Crippen molar-refractivity contribution in [3.63, 3.8) is 0 Å². The highest BCUT2D eigenvalue weighted by Gasteiger charge is 2.14. The van der Waals surface area contributed by atoms with Gasteiger partial charge in [0.25, 0.3) is 0 Å². The van der Waals surface area contributed by atoms with E-state index >= 15 is 0 Å². The molecule has 4 heteroatoms. The molecule has 4 nitrogen and oxygen atoms in total. The second kappa shape index (κ2) is 9.37. The Bertz CT molecular complexity index is 791. The van der Waals surface area contributed by atoms with Gasteiger partial charge in [0.15, 0.2) is 0 Å². The Morgan fingerprint density at radius 3 is 2.15 bits per heavy atom. The first kappa shape index (κ1) is 17.7. The Morgan fingerprint density at radius 1 is 0.846 bits per heavy atom. The van der Waals surface area contributed by atoms with Crippen LogP contribution in [0.15, 0.2) is 85.1 Å². The van der Waals surface area contributed by atoms with Gasteiger partial charge in [-0.05, 0) is 29.7 Å². The zero-order valence-electron chi connectivity index (χ0n) is 14.7. The van der Waals surface area contributed by atoms with Gasteiger partial charge in [0, 0.05) is 19.3 Å². The monoisotopic (exact) mass is 345 g/mol. The van der Waals surface area contributed by atoms with Crippen molar-refractivity contribution in [1.29, 1.82) is 0 Å². The molecule has 0 saturated heterocycles. The lowest BCUT2D eigenvalue weighted by Gasteiger charge is -2.23. The molecule has 0 spiro atoms. The number of aromatic nitrogens is 1. The summed E-state index contributed by atoms with van der Waals surface area (Å²) in [6, 6.07) is 25.8. The fourth-order valence-corrected chi connectivity index (χ4v) is 2.73. The highest BCUT2D eigenvalue weighted by molar-refractivity contribution is 5.74. The summed E-state index contributed by atoms with van der Waals surface area (Å²) >= 11 is 0. The molecule has 132 valence electrons. The smallest absolute Gasteiger partial charge is 0.318 e. The molecule has 0 unspecified atom stereocenters. The van der Waals surface area contributed by atoms with Crippen molar-refractivity contribution in [2.75, 3.05) is 6.54 Å². The summed E-state index contributed by atoms with van der Waals surface area (Å²) in [4.78, 5) is 18.9. The summed E-state index contributed by atoms with van der Waals surface area (Å²) in [6.07, 6.45) is 2.57. The van der Waals surface area contributed by atoms with Crippen molar-refractivity contribution in [3.8, 4) is 0 Å². The van der Waals surface area contributed by atoms with E-state index in [1.54, 1.807) is 6.20 Å². The van der Waals surface area contributed by atoms with Crippen molar-refractivity contribution in [2.24, 2.45) is 0 Å². The van der Waals surface area contributed by atoms with Gasteiger partial charge in [0.1, 0.15) is 0 Å². The number of hydrogen-bond donors (Lipinski definition) is 1. The van der Waals surface area contributed by atoms with Crippen LogP contribution in [-0.2, 0) is 19.5 Å². The summed E-state index contributed by atoms with van der Waals surface area (Å²) < 4.78 is 0. The summed E-state index contributed by atoms with van der Waals surface area (Å²) in [7, 11) is 0. The number of rotatable bonds is 7. The highest BCUT2D eigenvalue weighted by atomic mass is 16.2. The predicted octanol–water partition coefficient (Wildman–Crippen LogP) is 4.04. The molecule has 0 aliphatic rings. The number of carbonyl (C=O) groups excluding carboxylic acids is 1. The van der Waals surface area contributed by atoms with Gasteiger partial charge in [-0.1, -0.05) is 66.7 Å². The number of urea groups is 1. The molecule has 0 aliphatic carbocycles. The van der Waals surface area contributed by atoms with Crippen LogP contribution < -0.4 is 5.32 Å². The normalized spacial score (nSPS) is 10.3. The quantitative estimate of drug-likeness (QED) is 0.702. The van der Waals surface area contributed by atoms with E-state index in [-0.39, 0.29) is 6.03 Å². The maximum absolute atomic E-state index is 12.7. The number of carbonyl (C=O) groups is 1. The van der Waals surface area contributed by atoms with Gasteiger partial charge in [-0.3, -0.25) is 4.98 Å². The van der Waals surface area contributed by atoms with Crippen molar-refractivity contribution in [2.45, 2.75) is 19.5 Å². The average molecular weight is 345 g/mol. The van der Waals surface area contributed by atoms with Crippen LogP contribution in [0.3, 0.4) is 0 Å². The number of nitrogens with one attached hydrogen (secondary N) is 1. The highest BCUT2D eigenvalue weighted by Crippen LogP contribution is 2.07. The molecule has 0 aliphatic heterocycles. The third-order valence-electron chi connectivity index (χ3n) is 4.17. The molecular weight excluding hydrogens is 322 g/mol. The first-order chi connectivity index (χ1) is 12.8. The topological polar surface area (TPSA) is 45.2 Å². The summed E-state index contributed by atoms with van der Waals surface area (Å²) in [6.45, 7) is 1.65. The Balaban J connectivity index is 1.63. The minimum absolute atomic E-state index is 0.0737. The van der Waals surface area contributed by atoms with Crippen LogP contribution in [0.1, 0.15) is 16.8 Å². The maximum atomic E-state index is 12.7. The van der Waals surface area contributed by atoms with Gasteiger partial charge in [0.05, 0.1) is 12.2 Å². The Hall–Kier alpha value is -3.14. The van der Waals surface area contributed by atoms with Crippen molar-refractivity contribution in [3.05, 3.63) is 102 Å². The van der Waals surface area contributed by atoms with Crippen LogP contribution in [0.5, 0.6) is 0 Å². The van der Waals surface area contributed by atoms with Gasteiger partial charge < -0.3 is 10.2 Å². The summed E-state index contributed by atoms with van der Waals surface area (Å²) in [5, 5.41) is 3.01. The van der Waals surface area contributed by atoms with Crippen LogP contribution >= 0.6 is 0 Å². The first-order valence-electron chi connectivity index (χ1n) is 8.82. The van der Waals surface area contributed by atoms with Gasteiger partial charge in [-0.2, -0.15) is 0 Å². The second-order valence-electron chi connectivity index (χ2n) is 6.12. The van der Waals surface area contributed by atoms with Crippen molar-refractivity contribution < 1.29 is 4.79 Å². The Kier molecular flexibility index (Phi) is 6.37. The summed E-state index contributed by atoms with van der Waals surface area (Å²) in [5.41, 5.74) is 3.19. The van der Waals surface area contributed by atoms with E-state index in [4.69, 9.17) is 0 Å². The van der Waals surface area contributed by atoms with E-state index in [2.05, 4.69) is 22.4 Å². The third-order valence-corrected chi connectivity index (χ3v) is 4.17. The Labute approximate surface area is 154 Å². The van der Waals surface area contributed by atoms with Crippen LogP contribution in [0.2, 0.25) is 0 Å². The van der Waals surface area contributed by atoms with Crippen LogP contribution in [0.25, 0.3) is 0 Å². The standard InChI is InChI=1S/C22H23N3O/c26-22(24-17-20-11-5-2-6-12-20)25(18-21-13-7-8-15-23-21)16-14-19-9-3-1-4-10-19/h1-13,15H,14,16-18H2,(H,24,26). The van der Waals surface area contributed by atoms with Gasteiger partial charge in [-0.15, -0.1) is 0 Å². The SMILES string of the molecule is O=C(NCc1ccccc1)N(CCc1ccccc1)Cc1ccccn1. The number of hydrogen-bond acceptors (Lipinski definition) is 2. The number of benzene rings is 2. The van der Waals surface area contributed by atoms with Gasteiger partial charge in [-0.25, -0.2) is 4.79 Å². The summed E-state index contributed by atoms with van der Waals surface area (Å²) in [5.74, 6) is 0. The fraction of sp³-hybridized carbons (Fsp3) is 0.182. The molecule has 0 saturated carbocycles. The van der Waals surface area contributed by atoms with Crippen molar-refractivity contribution >= 4 is 6.03 Å². The van der Waals surface area contributed by atoms with E-state index in [0.717, 1.165) is 17.7 Å². The molecule has 0 bridgehead atoms. The van der Waals surface area contributed by atoms with Crippen molar-refractivity contribution in [1.82, 2.24) is 15.2 Å². The van der Waals surface area contributed by atoms with E-state index in [9.17, 15) is 4.79 Å². The van der Waals surface area contributed by atoms with E-state index in [0.29, 0.717) is 19.6 Å². The van der Waals surface area contributed by atoms with Crippen LogP contribution in [0.4, 0.5) is 4.79 Å². The van der Waals surface area contributed by atoms with Crippen LogP contribution in [-0.4, -0.2) is 22.5 Å². The molecule has 1 heterocycles. The zero-order valence-corrected chi connectivity index (χ0v) is 14.7. The fourth-order valence-electron chi connectivity index (χ4n) is 2.73. The molecule has 1 N–H and O–H groups in total. The predicted molar refractivity (Wildman–Crippen MR) is 103 cm³/mol. The van der Waals surface area contributed by atoms with E-state index < -0.39 is 0 Å². The van der Waals surface area contributed by atoms with Crippen LogP contribution in [0, 0.1) is 0 Å². The molecule has 0 atom stereocenters. The van der Waals surface area contributed by atoms with E-state index in [1.165, 1.54) is 5.56 Å². The molecular formula is C22H23N3O. The van der Waals surface area contributed by atoms with E-state index in [1.807, 2.05) is 71.6 Å². The first-order valence-corrected chi connectivity index (χ1v) is 8.82. The second-order valence-corrected chi connectivity index (χ2v) is 6.12. The number of nitrogens with zero attached hydrogens (tertiary/aromatic N) is 2. The largest absolute Gasteiger partial charge is 0.334 e.